The summed E-state index contributed by atoms with van der Waals surface area (Å²) in [6.45, 7) is 3.17. The molecule has 4 aromatic rings. The smallest absolute Gasteiger partial charge is 0.225 e. The third kappa shape index (κ3) is 4.96. The molecule has 196 valence electrons. The van der Waals surface area contributed by atoms with Crippen molar-refractivity contribution in [1.82, 2.24) is 19.3 Å². The van der Waals surface area contributed by atoms with Crippen LogP contribution in [0.5, 0.6) is 5.75 Å². The Balaban J connectivity index is 1.23. The number of nitrogens with two attached hydrogens (primary N) is 1. The molecule has 8 heteroatoms. The Morgan fingerprint density at radius 3 is 2.61 bits per heavy atom. The molecule has 2 aromatic heterocycles. The van der Waals surface area contributed by atoms with Crippen molar-refractivity contribution >= 4 is 17.2 Å². The minimum absolute atomic E-state index is 0.0835. The number of nitrogens with zero attached hydrogens (tertiary/aromatic N) is 4. The van der Waals surface area contributed by atoms with Crippen LogP contribution in [-0.4, -0.2) is 51.5 Å². The molecule has 3 heterocycles. The summed E-state index contributed by atoms with van der Waals surface area (Å²) >= 11 is 0. The number of anilines is 1. The van der Waals surface area contributed by atoms with E-state index in [2.05, 4.69) is 21.5 Å². The van der Waals surface area contributed by atoms with Crippen molar-refractivity contribution in [2.75, 3.05) is 32.0 Å². The Hall–Kier alpha value is -3.91. The SMILES string of the molecule is Nc1nccn2c(C3CCC(C(=O)N4CCOCC4)CC3)nc(-c3cccc(OCc4ccccc4)c3)c12. The van der Waals surface area contributed by atoms with Gasteiger partial charge in [0, 0.05) is 42.9 Å². The van der Waals surface area contributed by atoms with Crippen LogP contribution in [0.15, 0.2) is 67.0 Å². The number of hydrogen-bond acceptors (Lipinski definition) is 6. The lowest BCUT2D eigenvalue weighted by atomic mass is 9.81. The maximum Gasteiger partial charge on any atom is 0.225 e. The molecule has 1 aliphatic carbocycles. The second kappa shape index (κ2) is 10.8. The van der Waals surface area contributed by atoms with E-state index in [1.807, 2.05) is 53.6 Å². The maximum absolute atomic E-state index is 13.0. The second-order valence-corrected chi connectivity index (χ2v) is 10.1. The number of ether oxygens (including phenoxy) is 2. The van der Waals surface area contributed by atoms with Crippen LogP contribution in [-0.2, 0) is 16.1 Å². The molecule has 6 rings (SSSR count). The van der Waals surface area contributed by atoms with Gasteiger partial charge in [-0.05, 0) is 43.4 Å². The summed E-state index contributed by atoms with van der Waals surface area (Å²) in [5.74, 6) is 2.83. The zero-order chi connectivity index (χ0) is 25.9. The minimum atomic E-state index is 0.0835. The van der Waals surface area contributed by atoms with E-state index < -0.39 is 0 Å². The third-order valence-corrected chi connectivity index (χ3v) is 7.73. The fourth-order valence-corrected chi connectivity index (χ4v) is 5.69. The first kappa shape index (κ1) is 24.4. The second-order valence-electron chi connectivity index (χ2n) is 10.1. The average Bonchev–Trinajstić information content (AvgIpc) is 3.38. The van der Waals surface area contributed by atoms with Gasteiger partial charge in [0.2, 0.25) is 5.91 Å². The van der Waals surface area contributed by atoms with E-state index in [4.69, 9.17) is 20.2 Å². The van der Waals surface area contributed by atoms with E-state index in [9.17, 15) is 4.79 Å². The Kier molecular flexibility index (Phi) is 6.96. The number of fused-ring (bicyclic) bond motifs is 1. The van der Waals surface area contributed by atoms with E-state index in [0.717, 1.165) is 59.6 Å². The first-order chi connectivity index (χ1) is 18.7. The van der Waals surface area contributed by atoms with Crippen LogP contribution in [0.4, 0.5) is 5.82 Å². The molecule has 0 spiro atoms. The van der Waals surface area contributed by atoms with Crippen molar-refractivity contribution in [3.05, 3.63) is 78.4 Å². The van der Waals surface area contributed by atoms with Gasteiger partial charge in [-0.15, -0.1) is 0 Å². The molecule has 1 amide bonds. The van der Waals surface area contributed by atoms with Crippen molar-refractivity contribution in [1.29, 1.82) is 0 Å². The highest BCUT2D eigenvalue weighted by Crippen LogP contribution is 2.39. The van der Waals surface area contributed by atoms with E-state index in [1.165, 1.54) is 0 Å². The van der Waals surface area contributed by atoms with Crippen LogP contribution >= 0.6 is 0 Å². The van der Waals surface area contributed by atoms with Crippen LogP contribution in [0.3, 0.4) is 0 Å². The van der Waals surface area contributed by atoms with Crippen LogP contribution < -0.4 is 10.5 Å². The van der Waals surface area contributed by atoms with Crippen molar-refractivity contribution in [2.24, 2.45) is 5.92 Å². The molecule has 38 heavy (non-hydrogen) atoms. The molecule has 1 saturated heterocycles. The van der Waals surface area contributed by atoms with Gasteiger partial charge in [0.25, 0.3) is 0 Å². The number of amides is 1. The molecule has 0 atom stereocenters. The van der Waals surface area contributed by atoms with Gasteiger partial charge in [0.1, 0.15) is 35.2 Å². The predicted molar refractivity (Wildman–Crippen MR) is 146 cm³/mol. The van der Waals surface area contributed by atoms with Crippen molar-refractivity contribution in [3.8, 4) is 17.0 Å². The molecule has 0 unspecified atom stereocenters. The van der Waals surface area contributed by atoms with Crippen molar-refractivity contribution in [3.63, 3.8) is 0 Å². The summed E-state index contributed by atoms with van der Waals surface area (Å²) < 4.78 is 13.6. The summed E-state index contributed by atoms with van der Waals surface area (Å²) in [4.78, 5) is 24.5. The first-order valence-electron chi connectivity index (χ1n) is 13.4. The number of carbonyl (C=O) groups excluding carboxylic acids is 1. The van der Waals surface area contributed by atoms with Gasteiger partial charge >= 0.3 is 0 Å². The largest absolute Gasteiger partial charge is 0.489 e. The van der Waals surface area contributed by atoms with Crippen molar-refractivity contribution in [2.45, 2.75) is 38.2 Å². The minimum Gasteiger partial charge on any atom is -0.489 e. The molecular formula is C30H33N5O3. The number of imidazole rings is 1. The Bertz CT molecular complexity index is 1410. The molecule has 0 radical (unpaired) electrons. The number of morpholine rings is 1. The van der Waals surface area contributed by atoms with Crippen LogP contribution in [0.25, 0.3) is 16.8 Å². The topological polar surface area (TPSA) is 95.0 Å². The molecule has 2 N–H and O–H groups in total. The van der Waals surface area contributed by atoms with Gasteiger partial charge in [-0.1, -0.05) is 42.5 Å². The summed E-state index contributed by atoms with van der Waals surface area (Å²) in [5, 5.41) is 0. The zero-order valence-corrected chi connectivity index (χ0v) is 21.5. The molecule has 2 aromatic carbocycles. The van der Waals surface area contributed by atoms with Crippen molar-refractivity contribution < 1.29 is 14.3 Å². The molecule has 1 aliphatic heterocycles. The third-order valence-electron chi connectivity index (χ3n) is 7.73. The predicted octanol–water partition coefficient (Wildman–Crippen LogP) is 4.69. The number of rotatable bonds is 6. The van der Waals surface area contributed by atoms with Gasteiger partial charge in [-0.25, -0.2) is 9.97 Å². The zero-order valence-electron chi connectivity index (χ0n) is 21.5. The van der Waals surface area contributed by atoms with Gasteiger partial charge in [0.05, 0.1) is 13.2 Å². The number of hydrogen-bond donors (Lipinski definition) is 1. The van der Waals surface area contributed by atoms with Gasteiger partial charge < -0.3 is 20.1 Å². The fourth-order valence-electron chi connectivity index (χ4n) is 5.69. The van der Waals surface area contributed by atoms with Crippen LogP contribution in [0, 0.1) is 5.92 Å². The molecule has 2 fully saturated rings. The summed E-state index contributed by atoms with van der Waals surface area (Å²) in [6.07, 6.45) is 7.25. The maximum atomic E-state index is 13.0. The normalized spacial score (nSPS) is 19.9. The van der Waals surface area contributed by atoms with E-state index in [-0.39, 0.29) is 17.7 Å². The number of aromatic nitrogens is 3. The van der Waals surface area contributed by atoms with Gasteiger partial charge in [-0.2, -0.15) is 0 Å². The lowest BCUT2D eigenvalue weighted by molar-refractivity contribution is -0.140. The highest BCUT2D eigenvalue weighted by molar-refractivity contribution is 5.85. The summed E-state index contributed by atoms with van der Waals surface area (Å²) in [5.41, 5.74) is 10.1. The monoisotopic (exact) mass is 511 g/mol. The number of nitrogen functional groups attached to an aromatic ring is 1. The van der Waals surface area contributed by atoms with E-state index in [0.29, 0.717) is 38.7 Å². The number of benzene rings is 2. The molecule has 0 bridgehead atoms. The van der Waals surface area contributed by atoms with Crippen LogP contribution in [0.2, 0.25) is 0 Å². The fraction of sp³-hybridized carbons (Fsp3) is 0.367. The Morgan fingerprint density at radius 1 is 1.03 bits per heavy atom. The lowest BCUT2D eigenvalue weighted by Crippen LogP contribution is -2.44. The molecule has 1 saturated carbocycles. The summed E-state index contributed by atoms with van der Waals surface area (Å²) in [7, 11) is 0. The van der Waals surface area contributed by atoms with E-state index >= 15 is 0 Å². The lowest BCUT2D eigenvalue weighted by Gasteiger charge is -2.33. The standard InChI is InChI=1S/C30H33N5O3/c31-28-27-26(24-7-4-8-25(19-24)38-20-21-5-2-1-3-6-21)33-29(35(27)14-13-32-28)22-9-11-23(12-10-22)30(36)34-15-17-37-18-16-34/h1-8,13-14,19,22-23H,9-12,15-18,20H2,(H2,31,32). The number of carbonyl (C=O) groups is 1. The molecular weight excluding hydrogens is 478 g/mol. The van der Waals surface area contributed by atoms with Crippen LogP contribution in [0.1, 0.15) is 43.0 Å². The van der Waals surface area contributed by atoms with E-state index in [1.54, 1.807) is 6.20 Å². The quantitative estimate of drug-likeness (QED) is 0.404. The summed E-state index contributed by atoms with van der Waals surface area (Å²) in [6, 6.07) is 18.1. The molecule has 2 aliphatic rings. The van der Waals surface area contributed by atoms with Gasteiger partial charge in [0.15, 0.2) is 0 Å². The molecule has 8 nitrogen and oxygen atoms in total. The Morgan fingerprint density at radius 2 is 1.82 bits per heavy atom. The highest BCUT2D eigenvalue weighted by Gasteiger charge is 2.33. The highest BCUT2D eigenvalue weighted by atomic mass is 16.5. The Labute approximate surface area is 222 Å². The van der Waals surface area contributed by atoms with Gasteiger partial charge in [-0.3, -0.25) is 9.20 Å². The first-order valence-corrected chi connectivity index (χ1v) is 13.4. The average molecular weight is 512 g/mol.